The predicted molar refractivity (Wildman–Crippen MR) is 133 cm³/mol. The van der Waals surface area contributed by atoms with E-state index in [9.17, 15) is 9.59 Å². The Morgan fingerprint density at radius 3 is 2.79 bits per heavy atom. The average Bonchev–Trinajstić information content (AvgIpc) is 3.29. The third-order valence-corrected chi connectivity index (χ3v) is 7.16. The van der Waals surface area contributed by atoms with Crippen molar-refractivity contribution in [3.8, 4) is 0 Å². The zero-order valence-electron chi connectivity index (χ0n) is 20.0. The molecular formula is C28H33N3O3. The maximum absolute atomic E-state index is 13.7. The predicted octanol–water partition coefficient (Wildman–Crippen LogP) is 5.20. The van der Waals surface area contributed by atoms with Crippen LogP contribution in [0, 0.1) is 11.3 Å². The fourth-order valence-electron chi connectivity index (χ4n) is 5.67. The van der Waals surface area contributed by atoms with Crippen LogP contribution in [0.5, 0.6) is 0 Å². The Bertz CT molecular complexity index is 1130. The van der Waals surface area contributed by atoms with Gasteiger partial charge >= 0.3 is 0 Å². The molecule has 178 valence electrons. The van der Waals surface area contributed by atoms with Crippen LogP contribution in [0.1, 0.15) is 51.7 Å². The standard InChI is InChI=1S/C28H33N3O3/c1-28(2)15-22-26(24(32)16-28)27(19-9-4-3-5-10-19)31(23-13-7-6-12-21(23)30-22)18-25(33)29-17-20-11-8-14-34-20/h3-4,6-8,11-14,19,27,30H,5,9-10,15-18H2,1-2H3,(H,29,33)/t19-,27-/m0/s1. The third kappa shape index (κ3) is 4.54. The number of carbonyl (C=O) groups excluding carboxylic acids is 2. The molecular weight excluding hydrogens is 426 g/mol. The van der Waals surface area contributed by atoms with Crippen LogP contribution < -0.4 is 15.5 Å². The Morgan fingerprint density at radius 2 is 2.03 bits per heavy atom. The summed E-state index contributed by atoms with van der Waals surface area (Å²) < 4.78 is 5.37. The Hall–Kier alpha value is -3.28. The molecule has 5 rings (SSSR count). The Balaban J connectivity index is 1.55. The number of allylic oxidation sites excluding steroid dienone is 3. The van der Waals surface area contributed by atoms with Gasteiger partial charge < -0.3 is 20.0 Å². The number of ketones is 1. The average molecular weight is 460 g/mol. The zero-order chi connectivity index (χ0) is 23.7. The van der Waals surface area contributed by atoms with Crippen LogP contribution in [0.25, 0.3) is 0 Å². The van der Waals surface area contributed by atoms with Crippen LogP contribution in [0.3, 0.4) is 0 Å². The van der Waals surface area contributed by atoms with E-state index in [-0.39, 0.29) is 35.6 Å². The largest absolute Gasteiger partial charge is 0.467 e. The summed E-state index contributed by atoms with van der Waals surface area (Å²) in [4.78, 5) is 29.0. The molecule has 6 nitrogen and oxygen atoms in total. The van der Waals surface area contributed by atoms with Crippen LogP contribution in [-0.2, 0) is 16.1 Å². The van der Waals surface area contributed by atoms with Crippen LogP contribution in [-0.4, -0.2) is 24.3 Å². The van der Waals surface area contributed by atoms with Gasteiger partial charge in [0, 0.05) is 17.7 Å². The maximum atomic E-state index is 13.7. The molecule has 0 bridgehead atoms. The number of fused-ring (bicyclic) bond motifs is 1. The molecule has 2 N–H and O–H groups in total. The van der Waals surface area contributed by atoms with E-state index in [1.165, 1.54) is 0 Å². The molecule has 2 atom stereocenters. The lowest BCUT2D eigenvalue weighted by Crippen LogP contribution is -2.49. The Morgan fingerprint density at radius 1 is 1.18 bits per heavy atom. The summed E-state index contributed by atoms with van der Waals surface area (Å²) in [7, 11) is 0. The summed E-state index contributed by atoms with van der Waals surface area (Å²) in [6.07, 6.45) is 10.3. The first-order valence-electron chi connectivity index (χ1n) is 12.2. The minimum absolute atomic E-state index is 0.0878. The molecule has 0 saturated heterocycles. The van der Waals surface area contributed by atoms with Crippen molar-refractivity contribution in [1.29, 1.82) is 0 Å². The molecule has 6 heteroatoms. The van der Waals surface area contributed by atoms with Gasteiger partial charge in [0.15, 0.2) is 5.78 Å². The van der Waals surface area contributed by atoms with E-state index in [1.807, 2.05) is 30.3 Å². The number of hydrogen-bond acceptors (Lipinski definition) is 5. The highest BCUT2D eigenvalue weighted by Gasteiger charge is 2.43. The van der Waals surface area contributed by atoms with Gasteiger partial charge in [-0.25, -0.2) is 0 Å². The molecule has 1 aliphatic heterocycles. The number of nitrogens with zero attached hydrogens (tertiary/aromatic N) is 1. The summed E-state index contributed by atoms with van der Waals surface area (Å²) in [5, 5.41) is 6.62. The third-order valence-electron chi connectivity index (χ3n) is 7.16. The number of Topliss-reactive ketones (excluding diaryl/α,β-unsaturated/α-hetero) is 1. The first-order valence-corrected chi connectivity index (χ1v) is 12.2. The van der Waals surface area contributed by atoms with Crippen LogP contribution in [0.4, 0.5) is 11.4 Å². The van der Waals surface area contributed by atoms with E-state index >= 15 is 0 Å². The second-order valence-electron chi connectivity index (χ2n) is 10.4. The van der Waals surface area contributed by atoms with E-state index < -0.39 is 0 Å². The topological polar surface area (TPSA) is 74.6 Å². The van der Waals surface area contributed by atoms with Crippen molar-refractivity contribution < 1.29 is 14.0 Å². The van der Waals surface area contributed by atoms with Crippen molar-refractivity contribution in [2.75, 3.05) is 16.8 Å². The zero-order valence-corrected chi connectivity index (χ0v) is 20.0. The number of benzene rings is 1. The lowest BCUT2D eigenvalue weighted by molar-refractivity contribution is -0.121. The summed E-state index contributed by atoms with van der Waals surface area (Å²) in [6, 6.07) is 11.6. The summed E-state index contributed by atoms with van der Waals surface area (Å²) in [6.45, 7) is 4.84. The number of hydrogen-bond donors (Lipinski definition) is 2. The van der Waals surface area contributed by atoms with Crippen molar-refractivity contribution in [3.63, 3.8) is 0 Å². The Kier molecular flexibility index (Phi) is 6.07. The molecule has 2 heterocycles. The number of rotatable bonds is 5. The van der Waals surface area contributed by atoms with Crippen LogP contribution in [0.15, 0.2) is 70.5 Å². The van der Waals surface area contributed by atoms with Gasteiger partial charge in [-0.05, 0) is 61.3 Å². The fraction of sp³-hybridized carbons (Fsp3) is 0.429. The highest BCUT2D eigenvalue weighted by Crippen LogP contribution is 2.46. The molecule has 1 aromatic carbocycles. The number of nitrogens with one attached hydrogen (secondary N) is 2. The summed E-state index contributed by atoms with van der Waals surface area (Å²) in [5.74, 6) is 1.10. The molecule has 0 unspecified atom stereocenters. The quantitative estimate of drug-likeness (QED) is 0.602. The molecule has 0 fully saturated rings. The normalized spacial score (nSPS) is 23.6. The second-order valence-corrected chi connectivity index (χ2v) is 10.4. The smallest absolute Gasteiger partial charge is 0.239 e. The number of para-hydroxylation sites is 2. The number of carbonyl (C=O) groups is 2. The van der Waals surface area contributed by atoms with Gasteiger partial charge in [0.1, 0.15) is 5.76 Å². The molecule has 1 amide bonds. The molecule has 2 aliphatic carbocycles. The number of furan rings is 1. The number of anilines is 2. The lowest BCUT2D eigenvalue weighted by Gasteiger charge is -2.41. The van der Waals surface area contributed by atoms with Crippen LogP contribution in [0.2, 0.25) is 0 Å². The highest BCUT2D eigenvalue weighted by molar-refractivity contribution is 6.01. The van der Waals surface area contributed by atoms with Crippen molar-refractivity contribution >= 4 is 23.1 Å². The second kappa shape index (κ2) is 9.16. The lowest BCUT2D eigenvalue weighted by atomic mass is 9.71. The van der Waals surface area contributed by atoms with Crippen molar-refractivity contribution in [2.45, 2.75) is 58.5 Å². The SMILES string of the molecule is CC1(C)CC(=O)C2=C(C1)Nc1ccccc1N(CC(=O)NCc1ccco1)[C@H]2[C@H]1CC=CCC1. The van der Waals surface area contributed by atoms with Gasteiger partial charge in [0.05, 0.1) is 36.8 Å². The Labute approximate surface area is 201 Å². The molecule has 34 heavy (non-hydrogen) atoms. The van der Waals surface area contributed by atoms with E-state index in [4.69, 9.17) is 4.42 Å². The van der Waals surface area contributed by atoms with Crippen LogP contribution >= 0.6 is 0 Å². The fourth-order valence-corrected chi connectivity index (χ4v) is 5.67. The molecule has 2 aromatic rings. The summed E-state index contributed by atoms with van der Waals surface area (Å²) in [5.41, 5.74) is 3.72. The number of amides is 1. The van der Waals surface area contributed by atoms with Crippen molar-refractivity contribution in [2.24, 2.45) is 11.3 Å². The highest BCUT2D eigenvalue weighted by atomic mass is 16.3. The molecule has 0 radical (unpaired) electrons. The molecule has 0 spiro atoms. The molecule has 1 aromatic heterocycles. The first kappa shape index (κ1) is 22.5. The van der Waals surface area contributed by atoms with Gasteiger partial charge in [-0.15, -0.1) is 0 Å². The van der Waals surface area contributed by atoms with Crippen molar-refractivity contribution in [1.82, 2.24) is 5.32 Å². The van der Waals surface area contributed by atoms with Gasteiger partial charge in [-0.3, -0.25) is 9.59 Å². The van der Waals surface area contributed by atoms with Gasteiger partial charge in [0.2, 0.25) is 5.91 Å². The van der Waals surface area contributed by atoms with Gasteiger partial charge in [0.25, 0.3) is 0 Å². The van der Waals surface area contributed by atoms with E-state index in [1.54, 1.807) is 6.26 Å². The molecule has 3 aliphatic rings. The van der Waals surface area contributed by atoms with Gasteiger partial charge in [-0.2, -0.15) is 0 Å². The van der Waals surface area contributed by atoms with E-state index in [0.717, 1.165) is 54.1 Å². The summed E-state index contributed by atoms with van der Waals surface area (Å²) >= 11 is 0. The van der Waals surface area contributed by atoms with Crippen molar-refractivity contribution in [3.05, 3.63) is 71.8 Å². The first-order chi connectivity index (χ1) is 16.4. The molecule has 0 saturated carbocycles. The van der Waals surface area contributed by atoms with E-state index in [0.29, 0.717) is 13.0 Å². The maximum Gasteiger partial charge on any atom is 0.239 e. The minimum atomic E-state index is -0.144. The minimum Gasteiger partial charge on any atom is -0.467 e. The monoisotopic (exact) mass is 459 g/mol. The van der Waals surface area contributed by atoms with Gasteiger partial charge in [-0.1, -0.05) is 38.1 Å². The van der Waals surface area contributed by atoms with E-state index in [2.05, 4.69) is 47.6 Å².